The van der Waals surface area contributed by atoms with Gasteiger partial charge in [0.05, 0.1) is 119 Å². The molecular weight excluding hydrogens is 552 g/mol. The maximum atomic E-state index is 11.7. The first-order valence-corrected chi connectivity index (χ1v) is 15.5. The van der Waals surface area contributed by atoms with Crippen LogP contribution in [0.15, 0.2) is 0 Å². The normalized spacial score (nSPS) is 11.2. The lowest BCUT2D eigenvalue weighted by atomic mass is 10.1. The van der Waals surface area contributed by atoms with Gasteiger partial charge in [-0.3, -0.25) is 9.59 Å². The van der Waals surface area contributed by atoms with Crippen molar-refractivity contribution in [2.24, 2.45) is 0 Å². The minimum absolute atomic E-state index is 0.143. The van der Waals surface area contributed by atoms with E-state index < -0.39 is 0 Å². The molecule has 0 aromatic heterocycles. The predicted molar refractivity (Wildman–Crippen MR) is 157 cm³/mol. The number of hydrogen-bond donors (Lipinski definition) is 0. The Morgan fingerprint density at radius 3 is 1.10 bits per heavy atom. The predicted octanol–water partition coefficient (Wildman–Crippen LogP) is 3.37. The highest BCUT2D eigenvalue weighted by Gasteiger charge is 2.03. The highest BCUT2D eigenvalue weighted by atomic mass is 16.6. The lowest BCUT2D eigenvalue weighted by Gasteiger charge is -2.09. The monoisotopic (exact) mass is 610 g/mol. The largest absolute Gasteiger partial charge is 0.469 e. The van der Waals surface area contributed by atoms with Crippen molar-refractivity contribution in [3.8, 4) is 0 Å². The van der Waals surface area contributed by atoms with E-state index in [9.17, 15) is 9.59 Å². The van der Waals surface area contributed by atoms with Gasteiger partial charge < -0.3 is 47.4 Å². The quantitative estimate of drug-likeness (QED) is 0.0771. The minimum atomic E-state index is -0.286. The second kappa shape index (κ2) is 35.8. The number of ether oxygens (including phenoxy) is 10. The SMILES string of the molecule is CCCCCCCCCC(=O)OCCOCCOCCOCCOCCOCCOCCOCCOCCC(=O)OC. The molecule has 12 heteroatoms. The van der Waals surface area contributed by atoms with Crippen molar-refractivity contribution in [1.29, 1.82) is 0 Å². The van der Waals surface area contributed by atoms with E-state index in [1.54, 1.807) is 0 Å². The number of methoxy groups -OCH3 is 1. The van der Waals surface area contributed by atoms with Crippen molar-refractivity contribution in [3.63, 3.8) is 0 Å². The van der Waals surface area contributed by atoms with Gasteiger partial charge in [-0.1, -0.05) is 45.4 Å². The molecule has 0 spiro atoms. The van der Waals surface area contributed by atoms with Crippen molar-refractivity contribution in [2.75, 3.05) is 119 Å². The molecule has 0 aliphatic carbocycles. The molecule has 0 aliphatic heterocycles. The van der Waals surface area contributed by atoms with Gasteiger partial charge in [-0.05, 0) is 6.42 Å². The molecule has 0 saturated heterocycles. The minimum Gasteiger partial charge on any atom is -0.469 e. The molecule has 0 fully saturated rings. The van der Waals surface area contributed by atoms with Crippen LogP contribution in [-0.2, 0) is 57.0 Å². The van der Waals surface area contributed by atoms with Gasteiger partial charge in [0.15, 0.2) is 0 Å². The van der Waals surface area contributed by atoms with Crippen LogP contribution in [0.1, 0.15) is 64.7 Å². The summed E-state index contributed by atoms with van der Waals surface area (Å²) in [5.74, 6) is -0.430. The second-order valence-electron chi connectivity index (χ2n) is 9.32. The fourth-order valence-corrected chi connectivity index (χ4v) is 3.41. The summed E-state index contributed by atoms with van der Waals surface area (Å²) in [7, 11) is 1.35. The van der Waals surface area contributed by atoms with E-state index in [1.165, 1.54) is 39.2 Å². The van der Waals surface area contributed by atoms with Crippen LogP contribution in [0.25, 0.3) is 0 Å². The Morgan fingerprint density at radius 2 is 0.714 bits per heavy atom. The molecule has 0 unspecified atom stereocenters. The van der Waals surface area contributed by atoms with Crippen LogP contribution >= 0.6 is 0 Å². The molecule has 250 valence electrons. The summed E-state index contributed by atoms with van der Waals surface area (Å²) < 4.78 is 52.9. The van der Waals surface area contributed by atoms with Crippen LogP contribution in [0, 0.1) is 0 Å². The first-order chi connectivity index (χ1) is 20.7. The molecule has 0 rings (SSSR count). The van der Waals surface area contributed by atoms with Crippen molar-refractivity contribution in [2.45, 2.75) is 64.7 Å². The molecular formula is C30H58O12. The highest BCUT2D eigenvalue weighted by Crippen LogP contribution is 2.08. The summed E-state index contributed by atoms with van der Waals surface area (Å²) >= 11 is 0. The van der Waals surface area contributed by atoms with Crippen LogP contribution in [0.3, 0.4) is 0 Å². The number of hydrogen-bond acceptors (Lipinski definition) is 12. The Hall–Kier alpha value is -1.38. The number of carbonyl (C=O) groups is 2. The van der Waals surface area contributed by atoms with Gasteiger partial charge in [0.25, 0.3) is 0 Å². The number of rotatable bonds is 35. The van der Waals surface area contributed by atoms with Gasteiger partial charge in [0.1, 0.15) is 6.61 Å². The zero-order valence-electron chi connectivity index (χ0n) is 26.3. The van der Waals surface area contributed by atoms with Gasteiger partial charge in [-0.25, -0.2) is 0 Å². The molecule has 0 heterocycles. The summed E-state index contributed by atoms with van der Waals surface area (Å²) in [5.41, 5.74) is 0. The zero-order valence-corrected chi connectivity index (χ0v) is 26.3. The van der Waals surface area contributed by atoms with Gasteiger partial charge in [-0.2, -0.15) is 0 Å². The van der Waals surface area contributed by atoms with E-state index in [-0.39, 0.29) is 25.0 Å². The lowest BCUT2D eigenvalue weighted by molar-refractivity contribution is -0.145. The third-order valence-corrected chi connectivity index (χ3v) is 5.76. The van der Waals surface area contributed by atoms with Crippen molar-refractivity contribution in [3.05, 3.63) is 0 Å². The molecule has 0 aromatic rings. The molecule has 0 atom stereocenters. The van der Waals surface area contributed by atoms with E-state index in [0.29, 0.717) is 112 Å². The van der Waals surface area contributed by atoms with Crippen LogP contribution in [0.4, 0.5) is 0 Å². The average Bonchev–Trinajstić information content (AvgIpc) is 3.00. The number of unbranched alkanes of at least 4 members (excludes halogenated alkanes) is 6. The summed E-state index contributed by atoms with van der Waals surface area (Å²) in [6.07, 6.45) is 9.03. The van der Waals surface area contributed by atoms with Crippen LogP contribution in [0.2, 0.25) is 0 Å². The molecule has 12 nitrogen and oxygen atoms in total. The Morgan fingerprint density at radius 1 is 0.381 bits per heavy atom. The molecule has 0 amide bonds. The molecule has 0 aliphatic rings. The summed E-state index contributed by atoms with van der Waals surface area (Å²) in [4.78, 5) is 22.6. The smallest absolute Gasteiger partial charge is 0.307 e. The number of carbonyl (C=O) groups excluding carboxylic acids is 2. The van der Waals surface area contributed by atoms with Gasteiger partial charge in [0.2, 0.25) is 0 Å². The molecule has 0 aromatic carbocycles. The van der Waals surface area contributed by atoms with E-state index in [0.717, 1.165) is 12.8 Å². The fourth-order valence-electron chi connectivity index (χ4n) is 3.41. The van der Waals surface area contributed by atoms with Gasteiger partial charge in [0, 0.05) is 6.42 Å². The van der Waals surface area contributed by atoms with Crippen LogP contribution < -0.4 is 0 Å². The Bertz CT molecular complexity index is 564. The third-order valence-electron chi connectivity index (χ3n) is 5.76. The molecule has 42 heavy (non-hydrogen) atoms. The molecule has 0 radical (unpaired) electrons. The standard InChI is InChI=1S/C30H58O12/c1-3-4-5-6-7-8-9-10-30(32)42-28-27-41-26-25-40-24-23-39-22-21-38-20-19-37-18-17-36-16-15-35-14-13-34-12-11-29(31)33-2/h3-28H2,1-2H3. The van der Waals surface area contributed by atoms with E-state index in [2.05, 4.69) is 11.7 Å². The van der Waals surface area contributed by atoms with E-state index >= 15 is 0 Å². The van der Waals surface area contributed by atoms with Gasteiger partial charge in [-0.15, -0.1) is 0 Å². The first kappa shape index (κ1) is 40.6. The summed E-state index contributed by atoms with van der Waals surface area (Å²) in [5, 5.41) is 0. The Balaban J connectivity index is 3.11. The summed E-state index contributed by atoms with van der Waals surface area (Å²) in [6, 6.07) is 0. The topological polar surface area (TPSA) is 126 Å². The Kier molecular flexibility index (Phi) is 34.6. The second-order valence-corrected chi connectivity index (χ2v) is 9.32. The van der Waals surface area contributed by atoms with Crippen molar-refractivity contribution >= 4 is 11.9 Å². The average molecular weight is 611 g/mol. The van der Waals surface area contributed by atoms with E-state index in [1.807, 2.05) is 0 Å². The summed E-state index contributed by atoms with van der Waals surface area (Å²) in [6.45, 7) is 9.85. The van der Waals surface area contributed by atoms with Crippen molar-refractivity contribution < 1.29 is 57.0 Å². The first-order valence-electron chi connectivity index (χ1n) is 15.5. The fraction of sp³-hybridized carbons (Fsp3) is 0.933. The molecule has 0 N–H and O–H groups in total. The van der Waals surface area contributed by atoms with Gasteiger partial charge >= 0.3 is 11.9 Å². The molecule has 0 saturated carbocycles. The maximum absolute atomic E-state index is 11.7. The third kappa shape index (κ3) is 34.8. The maximum Gasteiger partial charge on any atom is 0.307 e. The Labute approximate surface area is 253 Å². The zero-order chi connectivity index (χ0) is 30.6. The van der Waals surface area contributed by atoms with Crippen LogP contribution in [-0.4, -0.2) is 131 Å². The highest BCUT2D eigenvalue weighted by molar-refractivity contribution is 5.69. The lowest BCUT2D eigenvalue weighted by Crippen LogP contribution is -2.15. The van der Waals surface area contributed by atoms with Crippen LogP contribution in [0.5, 0.6) is 0 Å². The number of esters is 2. The molecule has 0 bridgehead atoms. The van der Waals surface area contributed by atoms with Crippen molar-refractivity contribution in [1.82, 2.24) is 0 Å². The van der Waals surface area contributed by atoms with E-state index in [4.69, 9.17) is 42.6 Å².